The summed E-state index contributed by atoms with van der Waals surface area (Å²) < 4.78 is 11.3. The van der Waals surface area contributed by atoms with Crippen molar-refractivity contribution < 1.29 is 38.2 Å². The smallest absolute Gasteiger partial charge is 0.309 e. The van der Waals surface area contributed by atoms with Gasteiger partial charge in [-0.1, -0.05) is 54.4 Å². The molecule has 47 heavy (non-hydrogen) atoms. The Kier molecular flexibility index (Phi) is 17.0. The molecule has 0 spiro atoms. The van der Waals surface area contributed by atoms with E-state index in [-0.39, 0.29) is 66.4 Å². The fourth-order valence-corrected chi connectivity index (χ4v) is 6.23. The summed E-state index contributed by atoms with van der Waals surface area (Å²) in [6.07, 6.45) is 4.66. The zero-order chi connectivity index (χ0) is 36.2. The number of Topliss-reactive ketones (excluding diaryl/α,β-unsaturated/α-hetero) is 1. The molecule has 0 aromatic heterocycles. The van der Waals surface area contributed by atoms with E-state index in [2.05, 4.69) is 0 Å². The van der Waals surface area contributed by atoms with Crippen LogP contribution in [0.15, 0.2) is 12.2 Å². The Labute approximate surface area is 282 Å². The lowest BCUT2D eigenvalue weighted by Crippen LogP contribution is -2.53. The van der Waals surface area contributed by atoms with Gasteiger partial charge in [0.2, 0.25) is 11.8 Å². The number of rotatable bonds is 20. The summed E-state index contributed by atoms with van der Waals surface area (Å²) >= 11 is 0. The Morgan fingerprint density at radius 2 is 1.43 bits per heavy atom. The summed E-state index contributed by atoms with van der Waals surface area (Å²) in [6, 6.07) is -1.12. The van der Waals surface area contributed by atoms with Crippen molar-refractivity contribution in [2.75, 3.05) is 27.7 Å². The molecule has 1 aliphatic rings. The maximum Gasteiger partial charge on any atom is 0.309 e. The Hall–Kier alpha value is -3.08. The van der Waals surface area contributed by atoms with Crippen LogP contribution in [0.25, 0.3) is 0 Å². The fraction of sp³-hybridized carbons (Fsp3) is 0.778. The standard InChI is InChI=1S/C36H61N3O8/c1-13-25(6)34(28(46-12)22-32(44)47-36(7,8)9)38(11)35(45)26(23(2)3)21-27(40)33(24(4)5)37(10)29(41)17-15-14-16-20-39-30(42)18-19-31(39)43/h18-19,23-26,28,33-34H,13-17,20-22H2,1-12H3/t25-,26-,28+,33-,34-/m0/s1. The number of imide groups is 1. The van der Waals surface area contributed by atoms with E-state index < -0.39 is 35.7 Å². The molecule has 0 aromatic carbocycles. The molecule has 5 atom stereocenters. The molecule has 0 radical (unpaired) electrons. The van der Waals surface area contributed by atoms with E-state index in [9.17, 15) is 28.8 Å². The van der Waals surface area contributed by atoms with Gasteiger partial charge in [-0.3, -0.25) is 33.7 Å². The fourth-order valence-electron chi connectivity index (χ4n) is 6.23. The average Bonchev–Trinajstić information content (AvgIpc) is 3.29. The predicted octanol–water partition coefficient (Wildman–Crippen LogP) is 4.81. The van der Waals surface area contributed by atoms with Crippen LogP contribution in [-0.4, -0.2) is 102 Å². The maximum atomic E-state index is 14.1. The number of unbranched alkanes of at least 4 members (excludes halogenated alkanes) is 2. The van der Waals surface area contributed by atoms with Gasteiger partial charge in [-0.15, -0.1) is 0 Å². The molecule has 0 unspecified atom stereocenters. The van der Waals surface area contributed by atoms with Crippen molar-refractivity contribution in [1.82, 2.24) is 14.7 Å². The molecule has 0 N–H and O–H groups in total. The van der Waals surface area contributed by atoms with Gasteiger partial charge in [0.25, 0.3) is 11.8 Å². The zero-order valence-electron chi connectivity index (χ0n) is 31.0. The van der Waals surface area contributed by atoms with Gasteiger partial charge in [-0.05, 0) is 51.4 Å². The molecular weight excluding hydrogens is 602 g/mol. The Morgan fingerprint density at radius 3 is 1.89 bits per heavy atom. The third kappa shape index (κ3) is 12.8. The minimum atomic E-state index is -0.697. The summed E-state index contributed by atoms with van der Waals surface area (Å²) in [5.41, 5.74) is -0.651. The number of esters is 1. The van der Waals surface area contributed by atoms with E-state index in [0.29, 0.717) is 25.8 Å². The molecule has 0 aromatic rings. The highest BCUT2D eigenvalue weighted by Gasteiger charge is 2.40. The van der Waals surface area contributed by atoms with Crippen LogP contribution in [0.3, 0.4) is 0 Å². The molecule has 0 aliphatic carbocycles. The third-order valence-electron chi connectivity index (χ3n) is 8.98. The Balaban J connectivity index is 3.00. The summed E-state index contributed by atoms with van der Waals surface area (Å²) in [4.78, 5) is 81.7. The largest absolute Gasteiger partial charge is 0.460 e. The van der Waals surface area contributed by atoms with E-state index >= 15 is 0 Å². The lowest BCUT2D eigenvalue weighted by molar-refractivity contribution is -0.161. The molecule has 1 heterocycles. The van der Waals surface area contributed by atoms with Gasteiger partial charge in [-0.2, -0.15) is 0 Å². The second-order valence-electron chi connectivity index (χ2n) is 14.6. The van der Waals surface area contributed by atoms with Crippen LogP contribution in [0.4, 0.5) is 0 Å². The van der Waals surface area contributed by atoms with Crippen molar-refractivity contribution in [2.45, 2.75) is 131 Å². The van der Waals surface area contributed by atoms with Crippen LogP contribution in [0.1, 0.15) is 107 Å². The molecule has 1 rings (SSSR count). The number of likely N-dealkylation sites (N-methyl/N-ethyl adjacent to an activating group) is 2. The highest BCUT2D eigenvalue weighted by atomic mass is 16.6. The van der Waals surface area contributed by atoms with Gasteiger partial charge < -0.3 is 19.3 Å². The molecule has 0 fully saturated rings. The van der Waals surface area contributed by atoms with Gasteiger partial charge in [0, 0.05) is 58.7 Å². The summed E-state index contributed by atoms with van der Waals surface area (Å²) in [6.45, 7) is 17.4. The van der Waals surface area contributed by atoms with Gasteiger partial charge in [-0.25, -0.2) is 0 Å². The zero-order valence-corrected chi connectivity index (χ0v) is 31.0. The lowest BCUT2D eigenvalue weighted by atomic mass is 9.83. The van der Waals surface area contributed by atoms with Crippen LogP contribution in [0.5, 0.6) is 0 Å². The summed E-state index contributed by atoms with van der Waals surface area (Å²) in [5.74, 6) is -2.54. The quantitative estimate of drug-likeness (QED) is 0.103. The molecule has 11 nitrogen and oxygen atoms in total. The molecule has 11 heteroatoms. The first-order chi connectivity index (χ1) is 21.8. The van der Waals surface area contributed by atoms with Crippen LogP contribution in [0.2, 0.25) is 0 Å². The minimum absolute atomic E-state index is 0.0000116. The number of nitrogens with zero attached hydrogens (tertiary/aromatic N) is 3. The van der Waals surface area contributed by atoms with Crippen molar-refractivity contribution in [3.8, 4) is 0 Å². The topological polar surface area (TPSA) is 131 Å². The van der Waals surface area contributed by atoms with Crippen molar-refractivity contribution in [3.05, 3.63) is 12.2 Å². The number of carbonyl (C=O) groups is 6. The van der Waals surface area contributed by atoms with Crippen LogP contribution in [-0.2, 0) is 38.2 Å². The first-order valence-electron chi connectivity index (χ1n) is 17.1. The number of hydrogen-bond donors (Lipinski definition) is 0. The number of carbonyl (C=O) groups excluding carboxylic acids is 6. The normalized spacial score (nSPS) is 16.7. The van der Waals surface area contributed by atoms with Gasteiger partial charge in [0.1, 0.15) is 5.60 Å². The monoisotopic (exact) mass is 663 g/mol. The Morgan fingerprint density at radius 1 is 0.851 bits per heavy atom. The van der Waals surface area contributed by atoms with Crippen molar-refractivity contribution in [3.63, 3.8) is 0 Å². The number of amides is 4. The second-order valence-corrected chi connectivity index (χ2v) is 14.6. The number of ketones is 1. The lowest BCUT2D eigenvalue weighted by Gasteiger charge is -2.40. The van der Waals surface area contributed by atoms with Crippen LogP contribution >= 0.6 is 0 Å². The molecular formula is C36H61N3O8. The molecule has 0 saturated carbocycles. The van der Waals surface area contributed by atoms with Gasteiger partial charge in [0.15, 0.2) is 5.78 Å². The second kappa shape index (κ2) is 19.1. The maximum absolute atomic E-state index is 14.1. The summed E-state index contributed by atoms with van der Waals surface area (Å²) in [7, 11) is 4.87. The van der Waals surface area contributed by atoms with Crippen LogP contribution in [0, 0.1) is 23.7 Å². The van der Waals surface area contributed by atoms with Crippen molar-refractivity contribution in [2.24, 2.45) is 23.7 Å². The van der Waals surface area contributed by atoms with Crippen molar-refractivity contribution >= 4 is 35.4 Å². The first-order valence-corrected chi connectivity index (χ1v) is 17.1. The SMILES string of the molecule is CC[C@H](C)[C@@H]([C@@H](CC(=O)OC(C)(C)C)OC)N(C)C(=O)[C@@H](CC(=O)[C@H](C(C)C)N(C)C(=O)CCCCCN1C(=O)C=CC1=O)C(C)C. The highest BCUT2D eigenvalue weighted by molar-refractivity contribution is 6.12. The summed E-state index contributed by atoms with van der Waals surface area (Å²) in [5, 5.41) is 0. The van der Waals surface area contributed by atoms with Gasteiger partial charge >= 0.3 is 5.97 Å². The highest BCUT2D eigenvalue weighted by Crippen LogP contribution is 2.28. The van der Waals surface area contributed by atoms with E-state index in [1.165, 1.54) is 29.1 Å². The predicted molar refractivity (Wildman–Crippen MR) is 181 cm³/mol. The number of ether oxygens (including phenoxy) is 2. The number of hydrogen-bond acceptors (Lipinski definition) is 8. The number of methoxy groups -OCH3 is 1. The first kappa shape index (κ1) is 41.9. The third-order valence-corrected chi connectivity index (χ3v) is 8.98. The molecule has 4 amide bonds. The van der Waals surface area contributed by atoms with E-state index in [4.69, 9.17) is 9.47 Å². The van der Waals surface area contributed by atoms with E-state index in [0.717, 1.165) is 6.42 Å². The van der Waals surface area contributed by atoms with E-state index in [1.807, 2.05) is 41.5 Å². The average molecular weight is 664 g/mol. The van der Waals surface area contributed by atoms with Gasteiger partial charge in [0.05, 0.1) is 24.6 Å². The Bertz CT molecular complexity index is 1110. The van der Waals surface area contributed by atoms with E-state index in [1.54, 1.807) is 39.8 Å². The minimum Gasteiger partial charge on any atom is -0.460 e. The molecule has 0 saturated heterocycles. The molecule has 0 bridgehead atoms. The molecule has 268 valence electrons. The van der Waals surface area contributed by atoms with Crippen molar-refractivity contribution in [1.29, 1.82) is 0 Å². The van der Waals surface area contributed by atoms with Crippen LogP contribution < -0.4 is 0 Å². The molecule has 1 aliphatic heterocycles.